The van der Waals surface area contributed by atoms with E-state index >= 15 is 0 Å². The van der Waals surface area contributed by atoms with Gasteiger partial charge < -0.3 is 10.2 Å². The molecular weight excluding hydrogens is 262 g/mol. The zero-order valence-corrected chi connectivity index (χ0v) is 13.1. The molecule has 0 bridgehead atoms. The van der Waals surface area contributed by atoms with E-state index in [9.17, 15) is 4.79 Å². The number of aryl methyl sites for hydroxylation is 1. The molecule has 1 aromatic rings. The van der Waals surface area contributed by atoms with Gasteiger partial charge in [0.15, 0.2) is 0 Å². The number of nitrogens with one attached hydrogen (secondary N) is 1. The van der Waals surface area contributed by atoms with E-state index in [1.165, 1.54) is 11.3 Å². The molecule has 2 aliphatic heterocycles. The Morgan fingerprint density at radius 2 is 2.24 bits per heavy atom. The zero-order chi connectivity index (χ0) is 14.8. The van der Waals surface area contributed by atoms with E-state index in [4.69, 9.17) is 0 Å². The summed E-state index contributed by atoms with van der Waals surface area (Å²) in [6.45, 7) is 9.15. The van der Waals surface area contributed by atoms with E-state index in [-0.39, 0.29) is 5.91 Å². The summed E-state index contributed by atoms with van der Waals surface area (Å²) in [7, 11) is 0. The average Bonchev–Trinajstić information content (AvgIpc) is 2.53. The van der Waals surface area contributed by atoms with E-state index in [1.54, 1.807) is 0 Å². The van der Waals surface area contributed by atoms with Gasteiger partial charge in [-0.15, -0.1) is 0 Å². The predicted molar refractivity (Wildman–Crippen MR) is 85.9 cm³/mol. The smallest absolute Gasteiger partial charge is 0.253 e. The predicted octanol–water partition coefficient (Wildman–Crippen LogP) is 2.21. The number of likely N-dealkylation sites (N-methyl/N-ethyl adjacent to an activating group) is 1. The van der Waals surface area contributed by atoms with Crippen LogP contribution in [0.5, 0.6) is 0 Å². The molecule has 0 aliphatic carbocycles. The van der Waals surface area contributed by atoms with Crippen molar-refractivity contribution in [3.63, 3.8) is 0 Å². The third kappa shape index (κ3) is 2.91. The van der Waals surface area contributed by atoms with Crippen molar-refractivity contribution in [1.82, 2.24) is 9.80 Å². The first-order valence-corrected chi connectivity index (χ1v) is 8.09. The van der Waals surface area contributed by atoms with Gasteiger partial charge in [-0.2, -0.15) is 0 Å². The lowest BCUT2D eigenvalue weighted by atomic mass is 10.00. The minimum Gasteiger partial charge on any atom is -0.385 e. The molecule has 0 aromatic heterocycles. The van der Waals surface area contributed by atoms with Crippen LogP contribution in [0.1, 0.15) is 36.2 Å². The van der Waals surface area contributed by atoms with Crippen molar-refractivity contribution in [2.45, 2.75) is 32.7 Å². The van der Waals surface area contributed by atoms with E-state index in [0.29, 0.717) is 6.04 Å². The summed E-state index contributed by atoms with van der Waals surface area (Å²) in [5.74, 6) is 0.186. The summed E-state index contributed by atoms with van der Waals surface area (Å²) in [5, 5.41) is 3.40. The lowest BCUT2D eigenvalue weighted by Gasteiger charge is -2.39. The molecule has 2 heterocycles. The zero-order valence-electron chi connectivity index (χ0n) is 13.1. The van der Waals surface area contributed by atoms with Crippen molar-refractivity contribution in [3.8, 4) is 0 Å². The second-order valence-electron chi connectivity index (χ2n) is 6.13. The molecule has 0 radical (unpaired) electrons. The first kappa shape index (κ1) is 14.4. The highest BCUT2D eigenvalue weighted by Gasteiger charge is 2.26. The lowest BCUT2D eigenvalue weighted by Crippen LogP contribution is -2.53. The fourth-order valence-corrected chi connectivity index (χ4v) is 3.44. The summed E-state index contributed by atoms with van der Waals surface area (Å²) < 4.78 is 0. The second kappa shape index (κ2) is 6.06. The fourth-order valence-electron chi connectivity index (χ4n) is 3.44. The van der Waals surface area contributed by atoms with Crippen LogP contribution >= 0.6 is 0 Å². The normalized spacial score (nSPS) is 22.6. The van der Waals surface area contributed by atoms with Crippen LogP contribution < -0.4 is 5.32 Å². The van der Waals surface area contributed by atoms with E-state index < -0.39 is 0 Å². The van der Waals surface area contributed by atoms with E-state index in [0.717, 1.165) is 51.1 Å². The number of anilines is 1. The number of rotatable bonds is 2. The van der Waals surface area contributed by atoms with Crippen LogP contribution in [0, 0.1) is 0 Å². The molecule has 2 aliphatic rings. The quantitative estimate of drug-likeness (QED) is 0.906. The van der Waals surface area contributed by atoms with Gasteiger partial charge in [0.05, 0.1) is 0 Å². The summed E-state index contributed by atoms with van der Waals surface area (Å²) in [6, 6.07) is 6.57. The molecule has 1 unspecified atom stereocenters. The number of amides is 1. The number of carbonyl (C=O) groups is 1. The molecule has 4 nitrogen and oxygen atoms in total. The number of hydrogen-bond acceptors (Lipinski definition) is 3. The van der Waals surface area contributed by atoms with Crippen LogP contribution in [-0.2, 0) is 6.42 Å². The van der Waals surface area contributed by atoms with Crippen LogP contribution in [0.4, 0.5) is 5.69 Å². The molecule has 1 atom stereocenters. The van der Waals surface area contributed by atoms with Crippen molar-refractivity contribution >= 4 is 11.6 Å². The molecule has 0 spiro atoms. The molecule has 1 aromatic carbocycles. The van der Waals surface area contributed by atoms with Gasteiger partial charge in [0.1, 0.15) is 0 Å². The molecule has 3 rings (SSSR count). The SMILES string of the molecule is CCN1CCN(C(=O)c2ccc3c(c2)CCCN3)CC1C. The number of carbonyl (C=O) groups excluding carboxylic acids is 1. The lowest BCUT2D eigenvalue weighted by molar-refractivity contribution is 0.0528. The number of piperazine rings is 1. The van der Waals surface area contributed by atoms with Gasteiger partial charge in [-0.05, 0) is 50.1 Å². The van der Waals surface area contributed by atoms with Crippen LogP contribution in [0.3, 0.4) is 0 Å². The number of benzene rings is 1. The highest BCUT2D eigenvalue weighted by atomic mass is 16.2. The minimum atomic E-state index is 0.186. The molecule has 0 saturated carbocycles. The van der Waals surface area contributed by atoms with Gasteiger partial charge in [-0.1, -0.05) is 6.92 Å². The van der Waals surface area contributed by atoms with Gasteiger partial charge in [0.2, 0.25) is 0 Å². The van der Waals surface area contributed by atoms with Crippen molar-refractivity contribution < 1.29 is 4.79 Å². The molecule has 114 valence electrons. The van der Waals surface area contributed by atoms with Crippen LogP contribution in [0.2, 0.25) is 0 Å². The van der Waals surface area contributed by atoms with E-state index in [1.807, 2.05) is 11.0 Å². The molecular formula is C17H25N3O. The third-order valence-electron chi connectivity index (χ3n) is 4.75. The monoisotopic (exact) mass is 287 g/mol. The maximum atomic E-state index is 12.7. The Hall–Kier alpha value is -1.55. The largest absolute Gasteiger partial charge is 0.385 e. The first-order valence-electron chi connectivity index (χ1n) is 8.09. The molecule has 1 N–H and O–H groups in total. The third-order valence-corrected chi connectivity index (χ3v) is 4.75. The van der Waals surface area contributed by atoms with Crippen LogP contribution in [-0.4, -0.2) is 54.5 Å². The summed E-state index contributed by atoms with van der Waals surface area (Å²) in [5.41, 5.74) is 3.32. The maximum absolute atomic E-state index is 12.7. The van der Waals surface area contributed by atoms with Gasteiger partial charge in [0, 0.05) is 43.5 Å². The number of fused-ring (bicyclic) bond motifs is 1. The van der Waals surface area contributed by atoms with Crippen molar-refractivity contribution in [2.75, 3.05) is 38.0 Å². The Bertz CT molecular complexity index is 529. The highest BCUT2D eigenvalue weighted by molar-refractivity contribution is 5.95. The molecule has 1 fully saturated rings. The average molecular weight is 287 g/mol. The molecule has 1 saturated heterocycles. The van der Waals surface area contributed by atoms with Crippen LogP contribution in [0.25, 0.3) is 0 Å². The van der Waals surface area contributed by atoms with Crippen molar-refractivity contribution in [2.24, 2.45) is 0 Å². The Balaban J connectivity index is 1.73. The van der Waals surface area contributed by atoms with Crippen molar-refractivity contribution in [3.05, 3.63) is 29.3 Å². The Morgan fingerprint density at radius 1 is 1.38 bits per heavy atom. The van der Waals surface area contributed by atoms with Gasteiger partial charge in [-0.3, -0.25) is 9.69 Å². The first-order chi connectivity index (χ1) is 10.2. The summed E-state index contributed by atoms with van der Waals surface area (Å²) in [4.78, 5) is 17.2. The summed E-state index contributed by atoms with van der Waals surface area (Å²) in [6.07, 6.45) is 2.22. The Morgan fingerprint density at radius 3 is 3.00 bits per heavy atom. The number of nitrogens with zero attached hydrogens (tertiary/aromatic N) is 2. The topological polar surface area (TPSA) is 35.6 Å². The van der Waals surface area contributed by atoms with Gasteiger partial charge in [0.25, 0.3) is 5.91 Å². The number of hydrogen-bond donors (Lipinski definition) is 1. The van der Waals surface area contributed by atoms with E-state index in [2.05, 4.69) is 36.2 Å². The van der Waals surface area contributed by atoms with Crippen LogP contribution in [0.15, 0.2) is 18.2 Å². The molecule has 4 heteroatoms. The highest BCUT2D eigenvalue weighted by Crippen LogP contribution is 2.24. The summed E-state index contributed by atoms with van der Waals surface area (Å²) >= 11 is 0. The minimum absolute atomic E-state index is 0.186. The fraction of sp³-hybridized carbons (Fsp3) is 0.588. The standard InChI is InChI=1S/C17H25N3O/c1-3-19-9-10-20(12-13(19)2)17(21)15-6-7-16-14(11-15)5-4-8-18-16/h6-7,11,13,18H,3-5,8-10,12H2,1-2H3. The second-order valence-corrected chi connectivity index (χ2v) is 6.13. The Labute approximate surface area is 127 Å². The van der Waals surface area contributed by atoms with Gasteiger partial charge >= 0.3 is 0 Å². The molecule has 1 amide bonds. The van der Waals surface area contributed by atoms with Crippen molar-refractivity contribution in [1.29, 1.82) is 0 Å². The maximum Gasteiger partial charge on any atom is 0.253 e. The molecule has 21 heavy (non-hydrogen) atoms. The van der Waals surface area contributed by atoms with Gasteiger partial charge in [-0.25, -0.2) is 0 Å². The Kier molecular flexibility index (Phi) is 4.15.